The SMILES string of the molecule is Cn1c(=O)n(-c2c(Cl)cccc2Cl)c2ccc(Nc3ccc(F)cc3Cl)nc21. The number of nitrogens with zero attached hydrogens (tertiary/aromatic N) is 3. The van der Waals surface area contributed by atoms with Gasteiger partial charge in [0.1, 0.15) is 11.6 Å². The Bertz CT molecular complexity index is 1260. The van der Waals surface area contributed by atoms with E-state index in [4.69, 9.17) is 34.8 Å². The number of hydrogen-bond acceptors (Lipinski definition) is 3. The fraction of sp³-hybridized carbons (Fsp3) is 0.0526. The van der Waals surface area contributed by atoms with Gasteiger partial charge in [-0.2, -0.15) is 0 Å². The first-order valence-electron chi connectivity index (χ1n) is 8.12. The smallest absolute Gasteiger partial charge is 0.334 e. The third-order valence-corrected chi connectivity index (χ3v) is 5.17. The number of para-hydroxylation sites is 1. The molecular formula is C19H12Cl3FN4O. The van der Waals surface area contributed by atoms with E-state index >= 15 is 0 Å². The lowest BCUT2D eigenvalue weighted by Crippen LogP contribution is -2.21. The molecule has 0 saturated carbocycles. The Hall–Kier alpha value is -2.54. The van der Waals surface area contributed by atoms with Gasteiger partial charge in [-0.05, 0) is 42.5 Å². The van der Waals surface area contributed by atoms with Crippen LogP contribution >= 0.6 is 34.8 Å². The molecule has 28 heavy (non-hydrogen) atoms. The van der Waals surface area contributed by atoms with E-state index in [1.807, 2.05) is 0 Å². The van der Waals surface area contributed by atoms with E-state index in [0.29, 0.717) is 38.4 Å². The van der Waals surface area contributed by atoms with Crippen molar-refractivity contribution in [1.29, 1.82) is 0 Å². The summed E-state index contributed by atoms with van der Waals surface area (Å²) >= 11 is 18.6. The average molecular weight is 438 g/mol. The Morgan fingerprint density at radius 1 is 1.00 bits per heavy atom. The van der Waals surface area contributed by atoms with Crippen LogP contribution in [0.1, 0.15) is 0 Å². The number of pyridine rings is 1. The van der Waals surface area contributed by atoms with Crippen molar-refractivity contribution in [2.24, 2.45) is 7.05 Å². The molecule has 2 aromatic carbocycles. The van der Waals surface area contributed by atoms with Crippen LogP contribution in [0, 0.1) is 5.82 Å². The van der Waals surface area contributed by atoms with Gasteiger partial charge in [-0.15, -0.1) is 0 Å². The van der Waals surface area contributed by atoms with Crippen LogP contribution in [0.4, 0.5) is 15.9 Å². The molecule has 0 bridgehead atoms. The van der Waals surface area contributed by atoms with E-state index in [1.54, 1.807) is 37.4 Å². The van der Waals surface area contributed by atoms with Gasteiger partial charge in [-0.3, -0.25) is 9.13 Å². The van der Waals surface area contributed by atoms with Gasteiger partial charge in [-0.25, -0.2) is 14.2 Å². The topological polar surface area (TPSA) is 51.9 Å². The molecular weight excluding hydrogens is 426 g/mol. The maximum Gasteiger partial charge on any atom is 0.334 e. The van der Waals surface area contributed by atoms with E-state index in [2.05, 4.69) is 10.3 Å². The van der Waals surface area contributed by atoms with Crippen LogP contribution in [0.2, 0.25) is 15.1 Å². The number of fused-ring (bicyclic) bond motifs is 1. The standard InChI is InChI=1S/C19H12Cl3FN4O/c1-26-18-15(27(19(26)28)17-11(20)3-2-4-12(17)21)7-8-16(25-18)24-14-6-5-10(23)9-13(14)22/h2-9H,1H3,(H,24,25). The molecule has 9 heteroatoms. The number of aryl methyl sites for hydroxylation is 1. The first-order valence-corrected chi connectivity index (χ1v) is 9.25. The fourth-order valence-electron chi connectivity index (χ4n) is 2.92. The number of nitrogens with one attached hydrogen (secondary N) is 1. The highest BCUT2D eigenvalue weighted by Crippen LogP contribution is 2.31. The van der Waals surface area contributed by atoms with E-state index in [-0.39, 0.29) is 10.7 Å². The molecule has 0 aliphatic rings. The molecule has 5 nitrogen and oxygen atoms in total. The van der Waals surface area contributed by atoms with Crippen molar-refractivity contribution in [2.45, 2.75) is 0 Å². The fourth-order valence-corrected chi connectivity index (χ4v) is 3.70. The molecule has 0 atom stereocenters. The molecule has 0 amide bonds. The van der Waals surface area contributed by atoms with Gasteiger partial charge in [0.15, 0.2) is 5.65 Å². The molecule has 0 saturated heterocycles. The first kappa shape index (κ1) is 18.8. The molecule has 1 N–H and O–H groups in total. The molecule has 0 aliphatic heterocycles. The maximum atomic E-state index is 13.2. The number of anilines is 2. The zero-order valence-corrected chi connectivity index (χ0v) is 16.6. The summed E-state index contributed by atoms with van der Waals surface area (Å²) in [7, 11) is 1.60. The summed E-state index contributed by atoms with van der Waals surface area (Å²) in [6.07, 6.45) is 0. The average Bonchev–Trinajstić information content (AvgIpc) is 2.89. The predicted molar refractivity (Wildman–Crippen MR) is 111 cm³/mol. The Balaban J connectivity index is 1.86. The lowest BCUT2D eigenvalue weighted by atomic mass is 10.3. The van der Waals surface area contributed by atoms with Gasteiger partial charge in [0.2, 0.25) is 0 Å². The van der Waals surface area contributed by atoms with Crippen LogP contribution in [-0.4, -0.2) is 14.1 Å². The third kappa shape index (κ3) is 3.13. The van der Waals surface area contributed by atoms with Gasteiger partial charge < -0.3 is 5.32 Å². The number of halogens is 4. The van der Waals surface area contributed by atoms with Gasteiger partial charge in [-0.1, -0.05) is 40.9 Å². The highest BCUT2D eigenvalue weighted by molar-refractivity contribution is 6.37. The highest BCUT2D eigenvalue weighted by Gasteiger charge is 2.18. The van der Waals surface area contributed by atoms with Crippen molar-refractivity contribution >= 4 is 57.5 Å². The lowest BCUT2D eigenvalue weighted by molar-refractivity contribution is 0.628. The molecule has 0 fully saturated rings. The van der Waals surface area contributed by atoms with Crippen LogP contribution in [0.5, 0.6) is 0 Å². The number of hydrogen-bond donors (Lipinski definition) is 1. The second-order valence-electron chi connectivity index (χ2n) is 6.04. The predicted octanol–water partition coefficient (Wildman–Crippen LogP) is 5.57. The molecule has 142 valence electrons. The van der Waals surface area contributed by atoms with Crippen molar-refractivity contribution in [3.63, 3.8) is 0 Å². The first-order chi connectivity index (χ1) is 13.4. The highest BCUT2D eigenvalue weighted by atomic mass is 35.5. The maximum absolute atomic E-state index is 13.2. The van der Waals surface area contributed by atoms with Crippen LogP contribution in [0.3, 0.4) is 0 Å². The lowest BCUT2D eigenvalue weighted by Gasteiger charge is -2.09. The molecule has 0 radical (unpaired) electrons. The minimum Gasteiger partial charge on any atom is -0.339 e. The van der Waals surface area contributed by atoms with Crippen molar-refractivity contribution in [3.05, 3.63) is 79.9 Å². The van der Waals surface area contributed by atoms with Gasteiger partial charge in [0.25, 0.3) is 0 Å². The number of aromatic nitrogens is 3. The minimum absolute atomic E-state index is 0.219. The van der Waals surface area contributed by atoms with E-state index in [0.717, 1.165) is 0 Å². The summed E-state index contributed by atoms with van der Waals surface area (Å²) in [5, 5.41) is 3.94. The van der Waals surface area contributed by atoms with Gasteiger partial charge in [0.05, 0.1) is 32.0 Å². The molecule has 2 aromatic heterocycles. The number of imidazole rings is 1. The summed E-state index contributed by atoms with van der Waals surface area (Å²) in [6.45, 7) is 0. The normalized spacial score (nSPS) is 11.2. The third-order valence-electron chi connectivity index (χ3n) is 4.25. The Morgan fingerprint density at radius 2 is 1.71 bits per heavy atom. The summed E-state index contributed by atoms with van der Waals surface area (Å²) in [4.78, 5) is 17.3. The molecule has 4 rings (SSSR count). The van der Waals surface area contributed by atoms with Gasteiger partial charge in [0, 0.05) is 7.05 Å². The van der Waals surface area contributed by atoms with Crippen LogP contribution in [0.15, 0.2) is 53.3 Å². The van der Waals surface area contributed by atoms with Crippen molar-refractivity contribution in [1.82, 2.24) is 14.1 Å². The molecule has 0 unspecified atom stereocenters. The molecule has 2 heterocycles. The summed E-state index contributed by atoms with van der Waals surface area (Å²) in [6, 6.07) is 12.4. The second kappa shape index (κ2) is 7.13. The van der Waals surface area contributed by atoms with Crippen LogP contribution < -0.4 is 11.0 Å². The summed E-state index contributed by atoms with van der Waals surface area (Å²) < 4.78 is 16.0. The van der Waals surface area contributed by atoms with Crippen molar-refractivity contribution in [2.75, 3.05) is 5.32 Å². The molecule has 4 aromatic rings. The quantitative estimate of drug-likeness (QED) is 0.456. The van der Waals surface area contributed by atoms with Crippen molar-refractivity contribution in [3.8, 4) is 5.69 Å². The number of rotatable bonds is 3. The summed E-state index contributed by atoms with van der Waals surface area (Å²) in [5.74, 6) is 0.00839. The zero-order valence-electron chi connectivity index (χ0n) is 14.4. The largest absolute Gasteiger partial charge is 0.339 e. The number of benzene rings is 2. The second-order valence-corrected chi connectivity index (χ2v) is 7.26. The van der Waals surface area contributed by atoms with Gasteiger partial charge >= 0.3 is 5.69 Å². The Morgan fingerprint density at radius 3 is 2.39 bits per heavy atom. The zero-order chi connectivity index (χ0) is 20.0. The van der Waals surface area contributed by atoms with E-state index < -0.39 is 5.82 Å². The summed E-state index contributed by atoms with van der Waals surface area (Å²) in [5.41, 5.74) is 1.51. The monoisotopic (exact) mass is 436 g/mol. The van der Waals surface area contributed by atoms with Crippen molar-refractivity contribution < 1.29 is 4.39 Å². The van der Waals surface area contributed by atoms with Crippen LogP contribution in [-0.2, 0) is 7.05 Å². The minimum atomic E-state index is -0.435. The molecule has 0 aliphatic carbocycles. The van der Waals surface area contributed by atoms with E-state index in [9.17, 15) is 9.18 Å². The molecule has 0 spiro atoms. The Labute approximate surface area is 173 Å². The van der Waals surface area contributed by atoms with E-state index in [1.165, 1.54) is 27.3 Å². The Kier molecular flexibility index (Phi) is 4.79. The van der Waals surface area contributed by atoms with Crippen LogP contribution in [0.25, 0.3) is 16.9 Å².